The van der Waals surface area contributed by atoms with Gasteiger partial charge in [-0.2, -0.15) is 0 Å². The predicted molar refractivity (Wildman–Crippen MR) is 88.0 cm³/mol. The molecule has 0 aliphatic heterocycles. The first-order valence-corrected chi connectivity index (χ1v) is 8.08. The van der Waals surface area contributed by atoms with Gasteiger partial charge in [-0.05, 0) is 72.6 Å². The van der Waals surface area contributed by atoms with E-state index in [0.29, 0.717) is 10.5 Å². The van der Waals surface area contributed by atoms with E-state index in [9.17, 15) is 4.39 Å². The Balaban J connectivity index is 2.15. The fraction of sp³-hybridized carbons (Fsp3) is 0.412. The number of nitrogens with one attached hydrogen (secondary N) is 1. The van der Waals surface area contributed by atoms with E-state index < -0.39 is 0 Å². The monoisotopic (exact) mass is 353 g/mol. The summed E-state index contributed by atoms with van der Waals surface area (Å²) in [5.41, 5.74) is 1.79. The highest BCUT2D eigenvalue weighted by Gasteiger charge is 2.12. The Labute approximate surface area is 133 Å². The molecule has 0 saturated heterocycles. The molecule has 1 heterocycles. The Morgan fingerprint density at radius 2 is 2.10 bits per heavy atom. The fourth-order valence-corrected chi connectivity index (χ4v) is 2.65. The maximum atomic E-state index is 13.5. The van der Waals surface area contributed by atoms with Crippen molar-refractivity contribution >= 4 is 15.9 Å². The Morgan fingerprint density at radius 1 is 1.33 bits per heavy atom. The summed E-state index contributed by atoms with van der Waals surface area (Å²) in [6, 6.07) is 7.62. The van der Waals surface area contributed by atoms with Gasteiger partial charge in [0.05, 0.1) is 4.47 Å². The largest absolute Gasteiger partial charge is 0.461 e. The van der Waals surface area contributed by atoms with Gasteiger partial charge in [-0.3, -0.25) is 0 Å². The van der Waals surface area contributed by atoms with Gasteiger partial charge in [0.25, 0.3) is 0 Å². The summed E-state index contributed by atoms with van der Waals surface area (Å²) in [5, 5.41) is 3.44. The highest BCUT2D eigenvalue weighted by Crippen LogP contribution is 2.30. The molecule has 4 heteroatoms. The van der Waals surface area contributed by atoms with Crippen LogP contribution in [0.3, 0.4) is 0 Å². The van der Waals surface area contributed by atoms with E-state index in [1.165, 1.54) is 6.07 Å². The first-order valence-electron chi connectivity index (χ1n) is 7.29. The molecule has 0 fully saturated rings. The Kier molecular flexibility index (Phi) is 5.59. The van der Waals surface area contributed by atoms with Crippen LogP contribution in [0.15, 0.2) is 33.2 Å². The maximum Gasteiger partial charge on any atom is 0.137 e. The third-order valence-electron chi connectivity index (χ3n) is 3.44. The van der Waals surface area contributed by atoms with E-state index in [0.717, 1.165) is 42.0 Å². The summed E-state index contributed by atoms with van der Waals surface area (Å²) in [6.07, 6.45) is 1.97. The van der Waals surface area contributed by atoms with Crippen LogP contribution in [-0.2, 0) is 6.42 Å². The molecule has 2 rings (SSSR count). The molecule has 1 N–H and O–H groups in total. The number of halogens is 2. The van der Waals surface area contributed by atoms with Gasteiger partial charge in [0.15, 0.2) is 0 Å². The minimum atomic E-state index is -0.250. The molecule has 2 nitrogen and oxygen atoms in total. The van der Waals surface area contributed by atoms with E-state index >= 15 is 0 Å². The highest BCUT2D eigenvalue weighted by molar-refractivity contribution is 9.10. The molecule has 1 unspecified atom stereocenters. The summed E-state index contributed by atoms with van der Waals surface area (Å²) in [6.45, 7) is 7.20. The Morgan fingerprint density at radius 3 is 2.81 bits per heavy atom. The van der Waals surface area contributed by atoms with Gasteiger partial charge >= 0.3 is 0 Å². The van der Waals surface area contributed by atoms with Crippen molar-refractivity contribution in [2.45, 2.75) is 39.7 Å². The summed E-state index contributed by atoms with van der Waals surface area (Å²) in [5.74, 6) is 1.48. The van der Waals surface area contributed by atoms with Gasteiger partial charge in [0, 0.05) is 18.0 Å². The summed E-state index contributed by atoms with van der Waals surface area (Å²) >= 11 is 3.23. The molecule has 0 aliphatic carbocycles. The molecule has 0 spiro atoms. The lowest BCUT2D eigenvalue weighted by molar-refractivity contribution is 0.464. The molecule has 21 heavy (non-hydrogen) atoms. The van der Waals surface area contributed by atoms with Crippen molar-refractivity contribution in [2.24, 2.45) is 0 Å². The van der Waals surface area contributed by atoms with Crippen LogP contribution in [0, 0.1) is 12.7 Å². The third-order valence-corrected chi connectivity index (χ3v) is 4.05. The molecule has 1 aromatic carbocycles. The van der Waals surface area contributed by atoms with Crippen molar-refractivity contribution < 1.29 is 8.81 Å². The first kappa shape index (κ1) is 16.2. The number of hydrogen-bond donors (Lipinski definition) is 1. The van der Waals surface area contributed by atoms with Gasteiger partial charge < -0.3 is 9.73 Å². The number of rotatable bonds is 6. The smallest absolute Gasteiger partial charge is 0.137 e. The second-order valence-corrected chi connectivity index (χ2v) is 6.26. The van der Waals surface area contributed by atoms with Crippen molar-refractivity contribution in [3.8, 4) is 11.3 Å². The quantitative estimate of drug-likeness (QED) is 0.782. The van der Waals surface area contributed by atoms with E-state index in [2.05, 4.69) is 35.1 Å². The molecule has 0 amide bonds. The lowest BCUT2D eigenvalue weighted by Crippen LogP contribution is -2.28. The lowest BCUT2D eigenvalue weighted by Gasteiger charge is -2.11. The van der Waals surface area contributed by atoms with Crippen LogP contribution in [-0.4, -0.2) is 12.6 Å². The molecule has 1 aromatic heterocycles. The van der Waals surface area contributed by atoms with Crippen LogP contribution in [0.4, 0.5) is 4.39 Å². The SMILES string of the molecule is CCCNC(C)Cc1ccc(-c2cc(Br)c(F)cc2C)o1. The Bertz CT molecular complexity index is 609. The average molecular weight is 354 g/mol. The zero-order valence-corrected chi connectivity index (χ0v) is 14.3. The normalized spacial score (nSPS) is 12.6. The van der Waals surface area contributed by atoms with Crippen LogP contribution >= 0.6 is 15.9 Å². The minimum absolute atomic E-state index is 0.250. The van der Waals surface area contributed by atoms with E-state index in [4.69, 9.17) is 4.42 Å². The summed E-state index contributed by atoms with van der Waals surface area (Å²) in [7, 11) is 0. The van der Waals surface area contributed by atoms with E-state index in [-0.39, 0.29) is 5.82 Å². The van der Waals surface area contributed by atoms with Crippen LogP contribution in [0.25, 0.3) is 11.3 Å². The van der Waals surface area contributed by atoms with E-state index in [1.54, 1.807) is 6.07 Å². The zero-order valence-electron chi connectivity index (χ0n) is 12.7. The van der Waals surface area contributed by atoms with Crippen molar-refractivity contribution in [1.29, 1.82) is 0 Å². The number of furan rings is 1. The van der Waals surface area contributed by atoms with Crippen molar-refractivity contribution in [2.75, 3.05) is 6.54 Å². The topological polar surface area (TPSA) is 25.2 Å². The Hall–Kier alpha value is -1.13. The second kappa shape index (κ2) is 7.23. The van der Waals surface area contributed by atoms with Crippen LogP contribution < -0.4 is 5.32 Å². The second-order valence-electron chi connectivity index (χ2n) is 5.41. The molecule has 1 atom stereocenters. The molecule has 114 valence electrons. The van der Waals surface area contributed by atoms with Gasteiger partial charge in [-0.25, -0.2) is 4.39 Å². The minimum Gasteiger partial charge on any atom is -0.461 e. The number of hydrogen-bond acceptors (Lipinski definition) is 2. The molecule has 0 saturated carbocycles. The fourth-order valence-electron chi connectivity index (χ4n) is 2.31. The molecule has 0 aliphatic rings. The number of aryl methyl sites for hydroxylation is 1. The van der Waals surface area contributed by atoms with Crippen molar-refractivity contribution in [1.82, 2.24) is 5.32 Å². The van der Waals surface area contributed by atoms with E-state index in [1.807, 2.05) is 19.1 Å². The van der Waals surface area contributed by atoms with Crippen LogP contribution in [0.5, 0.6) is 0 Å². The van der Waals surface area contributed by atoms with Gasteiger partial charge in [0.1, 0.15) is 17.3 Å². The van der Waals surface area contributed by atoms with Crippen molar-refractivity contribution in [3.63, 3.8) is 0 Å². The van der Waals surface area contributed by atoms with Gasteiger partial charge in [-0.15, -0.1) is 0 Å². The molecule has 0 bridgehead atoms. The first-order chi connectivity index (χ1) is 10.0. The molecule has 0 radical (unpaired) electrons. The van der Waals surface area contributed by atoms with Gasteiger partial charge in [-0.1, -0.05) is 6.92 Å². The third kappa shape index (κ3) is 4.17. The molecular weight excluding hydrogens is 333 g/mol. The molecule has 2 aromatic rings. The standard InChI is InChI=1S/C17H21BrFNO/c1-4-7-20-12(3)9-13-5-6-17(21-13)14-10-15(18)16(19)8-11(14)2/h5-6,8,10,12,20H,4,7,9H2,1-3H3. The van der Waals surface area contributed by atoms with Crippen LogP contribution in [0.1, 0.15) is 31.6 Å². The van der Waals surface area contributed by atoms with Crippen LogP contribution in [0.2, 0.25) is 0 Å². The lowest BCUT2D eigenvalue weighted by atomic mass is 10.1. The summed E-state index contributed by atoms with van der Waals surface area (Å²) in [4.78, 5) is 0. The highest BCUT2D eigenvalue weighted by atomic mass is 79.9. The van der Waals surface area contributed by atoms with Crippen molar-refractivity contribution in [3.05, 3.63) is 45.9 Å². The zero-order chi connectivity index (χ0) is 15.4. The molecular formula is C17H21BrFNO. The number of benzene rings is 1. The average Bonchev–Trinajstić information content (AvgIpc) is 2.88. The summed E-state index contributed by atoms with van der Waals surface area (Å²) < 4.78 is 19.9. The van der Waals surface area contributed by atoms with Gasteiger partial charge in [0.2, 0.25) is 0 Å². The predicted octanol–water partition coefficient (Wildman–Crippen LogP) is 5.09. The maximum absolute atomic E-state index is 13.5.